The van der Waals surface area contributed by atoms with E-state index >= 15 is 0 Å². The minimum Gasteiger partial charge on any atom is -0.465 e. The Kier molecular flexibility index (Phi) is 7.29. The molecule has 0 aliphatic carbocycles. The van der Waals surface area contributed by atoms with E-state index in [-0.39, 0.29) is 37.1 Å². The molecule has 2 heterocycles. The molecule has 0 saturated heterocycles. The number of hydrogen-bond donors (Lipinski definition) is 2. The van der Waals surface area contributed by atoms with E-state index in [0.29, 0.717) is 11.5 Å². The van der Waals surface area contributed by atoms with Crippen LogP contribution < -0.4 is 10.6 Å². The lowest BCUT2D eigenvalue weighted by Gasteiger charge is -2.06. The fourth-order valence-corrected chi connectivity index (χ4v) is 3.29. The maximum Gasteiger partial charge on any atom is 0.244 e. The Morgan fingerprint density at radius 3 is 2.53 bits per heavy atom. The molecule has 0 aliphatic heterocycles. The summed E-state index contributed by atoms with van der Waals surface area (Å²) in [6, 6.07) is 19.1. The van der Waals surface area contributed by atoms with Crippen LogP contribution in [0.25, 0.3) is 23.0 Å². The fourth-order valence-electron chi connectivity index (χ4n) is 3.29. The summed E-state index contributed by atoms with van der Waals surface area (Å²) in [6.07, 6.45) is 6.39. The molecule has 0 unspecified atom stereocenters. The topological polar surface area (TPSA) is 89.2 Å². The van der Waals surface area contributed by atoms with E-state index in [2.05, 4.69) is 15.7 Å². The van der Waals surface area contributed by atoms with E-state index in [0.717, 1.165) is 16.8 Å². The number of amides is 2. The second-order valence-electron chi connectivity index (χ2n) is 7.46. The Bertz CT molecular complexity index is 1260. The first-order valence-electron chi connectivity index (χ1n) is 10.7. The van der Waals surface area contributed by atoms with Crippen LogP contribution in [0.5, 0.6) is 0 Å². The van der Waals surface area contributed by atoms with E-state index < -0.39 is 0 Å². The number of furan rings is 1. The summed E-state index contributed by atoms with van der Waals surface area (Å²) in [5.74, 6) is -0.289. The third-order valence-electron chi connectivity index (χ3n) is 5.00. The standard InChI is InChI=1S/C26H23FN4O3/c27-21-10-8-19(9-11-21)26-20(18-31(30-26)22-5-2-1-3-6-22)17-29-25(33)14-15-28-24(32)13-12-23-7-4-16-34-23/h1-13,16,18H,14-15,17H2,(H,28,32)(H,29,33)/b13-12+. The van der Waals surface area contributed by atoms with Gasteiger partial charge in [-0.2, -0.15) is 5.10 Å². The quantitative estimate of drug-likeness (QED) is 0.370. The third-order valence-corrected chi connectivity index (χ3v) is 5.00. The monoisotopic (exact) mass is 458 g/mol. The molecule has 172 valence electrons. The zero-order valence-corrected chi connectivity index (χ0v) is 18.3. The largest absolute Gasteiger partial charge is 0.465 e. The van der Waals surface area contributed by atoms with Gasteiger partial charge in [-0.3, -0.25) is 9.59 Å². The molecular weight excluding hydrogens is 435 g/mol. The number of aromatic nitrogens is 2. The van der Waals surface area contributed by atoms with Crippen molar-refractivity contribution in [3.63, 3.8) is 0 Å². The van der Waals surface area contributed by atoms with Crippen molar-refractivity contribution in [2.24, 2.45) is 0 Å². The number of halogens is 1. The maximum atomic E-state index is 13.4. The Balaban J connectivity index is 1.36. The highest BCUT2D eigenvalue weighted by Gasteiger charge is 2.14. The molecular formula is C26H23FN4O3. The first-order valence-corrected chi connectivity index (χ1v) is 10.7. The first-order chi connectivity index (χ1) is 16.6. The van der Waals surface area contributed by atoms with Gasteiger partial charge in [-0.1, -0.05) is 18.2 Å². The number of benzene rings is 2. The normalized spacial score (nSPS) is 11.0. The molecule has 0 fully saturated rings. The summed E-state index contributed by atoms with van der Waals surface area (Å²) in [5.41, 5.74) is 3.06. The molecule has 0 atom stereocenters. The van der Waals surface area contributed by atoms with Gasteiger partial charge in [0, 0.05) is 42.9 Å². The molecule has 0 bridgehead atoms. The van der Waals surface area contributed by atoms with Crippen LogP contribution in [0.4, 0.5) is 4.39 Å². The maximum absolute atomic E-state index is 13.4. The molecule has 2 amide bonds. The lowest BCUT2D eigenvalue weighted by molar-refractivity contribution is -0.121. The van der Waals surface area contributed by atoms with Gasteiger partial charge >= 0.3 is 0 Å². The predicted octanol–water partition coefficient (Wildman–Crippen LogP) is 4.11. The number of nitrogens with one attached hydrogen (secondary N) is 2. The van der Waals surface area contributed by atoms with E-state index in [1.807, 2.05) is 36.5 Å². The van der Waals surface area contributed by atoms with Crippen LogP contribution in [0.2, 0.25) is 0 Å². The van der Waals surface area contributed by atoms with Crippen LogP contribution in [0.3, 0.4) is 0 Å². The zero-order valence-electron chi connectivity index (χ0n) is 18.3. The zero-order chi connectivity index (χ0) is 23.8. The smallest absolute Gasteiger partial charge is 0.244 e. The highest BCUT2D eigenvalue weighted by Crippen LogP contribution is 2.24. The number of carbonyl (C=O) groups excluding carboxylic acids is 2. The molecule has 0 radical (unpaired) electrons. The Morgan fingerprint density at radius 2 is 1.79 bits per heavy atom. The van der Waals surface area contributed by atoms with Crippen LogP contribution in [0.1, 0.15) is 17.7 Å². The summed E-state index contributed by atoms with van der Waals surface area (Å²) in [6.45, 7) is 0.436. The molecule has 8 heteroatoms. The summed E-state index contributed by atoms with van der Waals surface area (Å²) in [5, 5.41) is 10.2. The van der Waals surface area contributed by atoms with E-state index in [1.54, 1.807) is 35.0 Å². The lowest BCUT2D eigenvalue weighted by atomic mass is 10.1. The van der Waals surface area contributed by atoms with Crippen molar-refractivity contribution in [3.8, 4) is 16.9 Å². The van der Waals surface area contributed by atoms with Gasteiger partial charge in [0.2, 0.25) is 11.8 Å². The Morgan fingerprint density at radius 1 is 1.00 bits per heavy atom. The van der Waals surface area contributed by atoms with Crippen molar-refractivity contribution in [3.05, 3.63) is 102 Å². The molecule has 0 aliphatic rings. The van der Waals surface area contributed by atoms with Gasteiger partial charge in [0.15, 0.2) is 0 Å². The number of nitrogens with zero attached hydrogens (tertiary/aromatic N) is 2. The molecule has 0 spiro atoms. The molecule has 2 aromatic carbocycles. The molecule has 7 nitrogen and oxygen atoms in total. The summed E-state index contributed by atoms with van der Waals surface area (Å²) in [4.78, 5) is 24.2. The third kappa shape index (κ3) is 6.07. The van der Waals surface area contributed by atoms with Gasteiger partial charge in [0.25, 0.3) is 0 Å². The average molecular weight is 458 g/mol. The second-order valence-corrected chi connectivity index (χ2v) is 7.46. The highest BCUT2D eigenvalue weighted by molar-refractivity contribution is 5.91. The van der Waals surface area contributed by atoms with Gasteiger partial charge in [-0.15, -0.1) is 0 Å². The number of rotatable bonds is 9. The summed E-state index contributed by atoms with van der Waals surface area (Å²) < 4.78 is 20.3. The minimum absolute atomic E-state index is 0.124. The molecule has 4 rings (SSSR count). The Hall–Kier alpha value is -4.46. The van der Waals surface area contributed by atoms with Gasteiger partial charge in [0.1, 0.15) is 11.6 Å². The second kappa shape index (κ2) is 10.9. The van der Waals surface area contributed by atoms with Gasteiger partial charge in [-0.25, -0.2) is 9.07 Å². The van der Waals surface area contributed by atoms with Crippen molar-refractivity contribution in [2.75, 3.05) is 6.54 Å². The van der Waals surface area contributed by atoms with Crippen molar-refractivity contribution < 1.29 is 18.4 Å². The highest BCUT2D eigenvalue weighted by atomic mass is 19.1. The lowest BCUT2D eigenvalue weighted by Crippen LogP contribution is -2.29. The number of carbonyl (C=O) groups is 2. The molecule has 2 N–H and O–H groups in total. The number of para-hydroxylation sites is 1. The van der Waals surface area contributed by atoms with Crippen molar-refractivity contribution in [1.29, 1.82) is 0 Å². The van der Waals surface area contributed by atoms with E-state index in [4.69, 9.17) is 4.42 Å². The Labute approximate surface area is 195 Å². The number of hydrogen-bond acceptors (Lipinski definition) is 4. The molecule has 34 heavy (non-hydrogen) atoms. The van der Waals surface area contributed by atoms with Crippen LogP contribution in [0.15, 0.2) is 89.7 Å². The van der Waals surface area contributed by atoms with Crippen molar-refractivity contribution in [1.82, 2.24) is 20.4 Å². The molecule has 0 saturated carbocycles. The van der Waals surface area contributed by atoms with Crippen LogP contribution in [0, 0.1) is 5.82 Å². The van der Waals surface area contributed by atoms with Crippen LogP contribution >= 0.6 is 0 Å². The summed E-state index contributed by atoms with van der Waals surface area (Å²) >= 11 is 0. The van der Waals surface area contributed by atoms with Gasteiger partial charge in [-0.05, 0) is 54.6 Å². The molecule has 2 aromatic heterocycles. The summed E-state index contributed by atoms with van der Waals surface area (Å²) in [7, 11) is 0. The predicted molar refractivity (Wildman–Crippen MR) is 126 cm³/mol. The van der Waals surface area contributed by atoms with E-state index in [1.165, 1.54) is 24.5 Å². The van der Waals surface area contributed by atoms with Gasteiger partial charge < -0.3 is 15.1 Å². The van der Waals surface area contributed by atoms with Gasteiger partial charge in [0.05, 0.1) is 17.6 Å². The average Bonchev–Trinajstić information content (AvgIpc) is 3.53. The van der Waals surface area contributed by atoms with Crippen LogP contribution in [-0.2, 0) is 16.1 Å². The SMILES string of the molecule is O=C(/C=C/c1ccco1)NCCC(=O)NCc1cn(-c2ccccc2)nc1-c1ccc(F)cc1. The first kappa shape index (κ1) is 22.7. The van der Waals surface area contributed by atoms with E-state index in [9.17, 15) is 14.0 Å². The van der Waals surface area contributed by atoms with Crippen molar-refractivity contribution >= 4 is 17.9 Å². The van der Waals surface area contributed by atoms with Crippen LogP contribution in [-0.4, -0.2) is 28.1 Å². The minimum atomic E-state index is -0.331. The fraction of sp³-hybridized carbons (Fsp3) is 0.115. The van der Waals surface area contributed by atoms with Crippen molar-refractivity contribution in [2.45, 2.75) is 13.0 Å². The molecule has 4 aromatic rings.